The molecule has 1 N–H and O–H groups in total. The van der Waals surface area contributed by atoms with Crippen molar-refractivity contribution in [3.8, 4) is 0 Å². The van der Waals surface area contributed by atoms with E-state index in [1.54, 1.807) is 0 Å². The maximum atomic E-state index is 13.4. The lowest BCUT2D eigenvalue weighted by molar-refractivity contribution is -0.141. The van der Waals surface area contributed by atoms with Crippen molar-refractivity contribution < 1.29 is 32.2 Å². The number of aliphatic hydroxyl groups excluding tert-OH is 1. The third kappa shape index (κ3) is 6.42. The predicted molar refractivity (Wildman–Crippen MR) is 169 cm³/mol. The molecule has 0 aromatic carbocycles. The number of hydrogen-bond acceptors (Lipinski definition) is 6. The Balaban J connectivity index is 1.59. The van der Waals surface area contributed by atoms with Gasteiger partial charge in [0, 0.05) is 47.7 Å². The average molecular weight is 645 g/mol. The topological polar surface area (TPSA) is 73.7 Å². The third-order valence-corrected chi connectivity index (χ3v) is 15.6. The summed E-state index contributed by atoms with van der Waals surface area (Å²) < 4.78 is 59.1. The molecule has 10 heteroatoms. The molecule has 1 unspecified atom stereocenters. The molecule has 2 aromatic rings. The maximum absolute atomic E-state index is 13.4. The molecule has 6 nitrogen and oxygen atoms in total. The molecule has 2 aliphatic carbocycles. The fourth-order valence-corrected chi connectivity index (χ4v) is 8.60. The molecule has 246 valence electrons. The van der Waals surface area contributed by atoms with Gasteiger partial charge in [-0.05, 0) is 85.7 Å². The van der Waals surface area contributed by atoms with Gasteiger partial charge < -0.3 is 19.0 Å². The highest BCUT2D eigenvalue weighted by molar-refractivity contribution is 6.74. The van der Waals surface area contributed by atoms with Gasteiger partial charge in [-0.2, -0.15) is 13.2 Å². The Morgan fingerprint density at radius 2 is 1.80 bits per heavy atom. The van der Waals surface area contributed by atoms with Gasteiger partial charge in [-0.15, -0.1) is 0 Å². The van der Waals surface area contributed by atoms with E-state index in [1.807, 2.05) is 0 Å². The molecular formula is C35H47F3N2O4Si. The summed E-state index contributed by atoms with van der Waals surface area (Å²) in [7, 11) is -2.23. The highest BCUT2D eigenvalue weighted by Gasteiger charge is 2.50. The van der Waals surface area contributed by atoms with E-state index >= 15 is 0 Å². The molecule has 4 heterocycles. The molecule has 0 amide bonds. The van der Waals surface area contributed by atoms with Crippen LogP contribution in [0.1, 0.15) is 123 Å². The van der Waals surface area contributed by atoms with Crippen LogP contribution in [0.4, 0.5) is 13.2 Å². The van der Waals surface area contributed by atoms with Crippen LogP contribution >= 0.6 is 0 Å². The Bertz CT molecular complexity index is 1420. The molecule has 2 fully saturated rings. The minimum absolute atomic E-state index is 0.000788. The number of ether oxygens (including phenoxy) is 2. The van der Waals surface area contributed by atoms with Crippen LogP contribution in [-0.2, 0) is 26.5 Å². The number of fused-ring (bicyclic) bond motifs is 1. The largest absolute Gasteiger partial charge is 0.433 e. The Morgan fingerprint density at radius 3 is 2.36 bits per heavy atom. The van der Waals surface area contributed by atoms with Crippen LogP contribution in [0.25, 0.3) is 5.57 Å². The first kappa shape index (κ1) is 32.8. The fourth-order valence-electron chi connectivity index (χ4n) is 7.34. The minimum Gasteiger partial charge on any atom is -0.410 e. The zero-order valence-corrected chi connectivity index (χ0v) is 28.2. The van der Waals surface area contributed by atoms with Gasteiger partial charge in [0.2, 0.25) is 0 Å². The van der Waals surface area contributed by atoms with Crippen molar-refractivity contribution in [2.45, 2.75) is 115 Å². The van der Waals surface area contributed by atoms with Gasteiger partial charge >= 0.3 is 6.18 Å². The molecule has 1 spiro atoms. The second kappa shape index (κ2) is 12.2. The van der Waals surface area contributed by atoms with E-state index in [-0.39, 0.29) is 22.5 Å². The highest BCUT2D eigenvalue weighted by atomic mass is 28.4. The fraction of sp³-hybridized carbons (Fsp3) is 0.657. The predicted octanol–water partition coefficient (Wildman–Crippen LogP) is 8.45. The molecule has 4 aliphatic rings. The van der Waals surface area contributed by atoms with E-state index in [9.17, 15) is 18.3 Å². The van der Waals surface area contributed by atoms with Crippen LogP contribution in [-0.4, -0.2) is 49.8 Å². The average Bonchev–Trinajstić information content (AvgIpc) is 2.98. The number of aromatic nitrogens is 2. The van der Waals surface area contributed by atoms with Crippen molar-refractivity contribution >= 4 is 13.9 Å². The SMILES string of the molecule is CC(C)(C)[Si](C)(C)O[C@@H]1CC2(CCC2)Cc2nc(C3CCOCC3)c(C(O)c3ccc(C(F)(F)F)nc3)c(C3=CCOCC3)c21. The molecule has 0 bridgehead atoms. The third-order valence-electron chi connectivity index (χ3n) is 11.1. The van der Waals surface area contributed by atoms with Crippen molar-refractivity contribution in [2.75, 3.05) is 26.4 Å². The van der Waals surface area contributed by atoms with Gasteiger partial charge in [0.05, 0.1) is 25.0 Å². The lowest BCUT2D eigenvalue weighted by atomic mass is 9.59. The second-order valence-electron chi connectivity index (χ2n) is 15.1. The zero-order valence-electron chi connectivity index (χ0n) is 27.2. The molecule has 2 atom stereocenters. The van der Waals surface area contributed by atoms with Crippen molar-refractivity contribution in [3.05, 3.63) is 63.7 Å². The maximum Gasteiger partial charge on any atom is 0.433 e. The molecule has 45 heavy (non-hydrogen) atoms. The number of aliphatic hydroxyl groups is 1. The quantitative estimate of drug-likeness (QED) is 0.318. The molecule has 6 rings (SSSR count). The summed E-state index contributed by atoms with van der Waals surface area (Å²) in [5, 5.41) is 12.2. The molecule has 0 radical (unpaired) electrons. The van der Waals surface area contributed by atoms with Crippen molar-refractivity contribution in [1.82, 2.24) is 9.97 Å². The first-order valence-electron chi connectivity index (χ1n) is 16.5. The number of nitrogens with zero attached hydrogens (tertiary/aromatic N) is 2. The smallest absolute Gasteiger partial charge is 0.410 e. The van der Waals surface area contributed by atoms with Gasteiger partial charge in [0.15, 0.2) is 8.32 Å². The van der Waals surface area contributed by atoms with E-state index in [2.05, 4.69) is 44.9 Å². The number of rotatable bonds is 6. The number of hydrogen-bond donors (Lipinski definition) is 1. The first-order valence-corrected chi connectivity index (χ1v) is 19.4. The van der Waals surface area contributed by atoms with Gasteiger partial charge in [0.1, 0.15) is 11.8 Å². The van der Waals surface area contributed by atoms with Gasteiger partial charge in [-0.1, -0.05) is 39.3 Å². The summed E-state index contributed by atoms with van der Waals surface area (Å²) in [6, 6.07) is 2.30. The van der Waals surface area contributed by atoms with Crippen molar-refractivity contribution in [1.29, 1.82) is 0 Å². The standard InChI is InChI=1S/C35H47F3N2O4Si/c1-33(2,3)45(4,5)44-26-20-34(13-6-14-34)19-25-29(26)28(22-9-15-42-16-10-22)30(31(40-25)23-11-17-43-18-12-23)32(41)24-7-8-27(39-21-24)35(36,37)38/h7-9,21,23,26,32,41H,6,10-20H2,1-5H3/t26-,32?/m1/s1. The van der Waals surface area contributed by atoms with E-state index in [4.69, 9.17) is 18.9 Å². The van der Waals surface area contributed by atoms with E-state index in [1.165, 1.54) is 12.5 Å². The van der Waals surface area contributed by atoms with Gasteiger partial charge in [-0.25, -0.2) is 0 Å². The number of halogens is 3. The van der Waals surface area contributed by atoms with Crippen molar-refractivity contribution in [2.24, 2.45) is 5.41 Å². The normalized spacial score (nSPS) is 23.3. The van der Waals surface area contributed by atoms with E-state index in [0.29, 0.717) is 44.0 Å². The van der Waals surface area contributed by atoms with Crippen LogP contribution in [0.5, 0.6) is 0 Å². The Morgan fingerprint density at radius 1 is 1.07 bits per heavy atom. The van der Waals surface area contributed by atoms with Gasteiger partial charge in [-0.3, -0.25) is 9.97 Å². The lowest BCUT2D eigenvalue weighted by Crippen LogP contribution is -2.46. The monoisotopic (exact) mass is 644 g/mol. The van der Waals surface area contributed by atoms with E-state index in [0.717, 1.165) is 78.9 Å². The summed E-state index contributed by atoms with van der Waals surface area (Å²) in [6.45, 7) is 13.6. The molecule has 1 saturated heterocycles. The Hall–Kier alpha value is -2.11. The van der Waals surface area contributed by atoms with Crippen LogP contribution in [0.15, 0.2) is 24.4 Å². The highest BCUT2D eigenvalue weighted by Crippen LogP contribution is 2.58. The molecule has 1 saturated carbocycles. The van der Waals surface area contributed by atoms with Crippen LogP contribution in [0.3, 0.4) is 0 Å². The molecule has 2 aliphatic heterocycles. The first-order chi connectivity index (χ1) is 21.2. The minimum atomic E-state index is -4.56. The summed E-state index contributed by atoms with van der Waals surface area (Å²) in [5.41, 5.74) is 5.22. The number of alkyl halides is 3. The van der Waals surface area contributed by atoms with Gasteiger partial charge in [0.25, 0.3) is 0 Å². The summed E-state index contributed by atoms with van der Waals surface area (Å²) in [6.07, 6.45) is 4.86. The second-order valence-corrected chi connectivity index (χ2v) is 19.8. The van der Waals surface area contributed by atoms with Crippen LogP contribution < -0.4 is 0 Å². The lowest BCUT2D eigenvalue weighted by Gasteiger charge is -2.51. The van der Waals surface area contributed by atoms with Crippen LogP contribution in [0.2, 0.25) is 18.1 Å². The van der Waals surface area contributed by atoms with Crippen molar-refractivity contribution in [3.63, 3.8) is 0 Å². The van der Waals surface area contributed by atoms with E-state index < -0.39 is 26.3 Å². The number of pyridine rings is 2. The summed E-state index contributed by atoms with van der Waals surface area (Å²) in [4.78, 5) is 9.19. The zero-order chi connectivity index (χ0) is 32.2. The van der Waals surface area contributed by atoms with Crippen LogP contribution in [0, 0.1) is 5.41 Å². The molecule has 2 aromatic heterocycles. The summed E-state index contributed by atoms with van der Waals surface area (Å²) in [5.74, 6) is 0.0642. The molecular weight excluding hydrogens is 597 g/mol. The summed E-state index contributed by atoms with van der Waals surface area (Å²) >= 11 is 0. The Labute approximate surface area is 265 Å². The Kier molecular flexibility index (Phi) is 8.87.